The largest absolute Gasteiger partial charge is 0.359 e. The number of hydrogen-bond donors (Lipinski definition) is 1. The fourth-order valence-electron chi connectivity index (χ4n) is 2.94. The summed E-state index contributed by atoms with van der Waals surface area (Å²) in [5, 5.41) is 0. The summed E-state index contributed by atoms with van der Waals surface area (Å²) in [6.45, 7) is 5.68. The second-order valence-electron chi connectivity index (χ2n) is 6.52. The molecule has 0 spiro atoms. The maximum Gasteiger partial charge on any atom is 0.128 e. The van der Waals surface area contributed by atoms with Crippen LogP contribution in [0.2, 0.25) is 0 Å². The van der Waals surface area contributed by atoms with Gasteiger partial charge in [0.15, 0.2) is 0 Å². The molecular weight excluding hydrogens is 260 g/mol. The van der Waals surface area contributed by atoms with Crippen LogP contribution in [0.5, 0.6) is 0 Å². The van der Waals surface area contributed by atoms with Crippen molar-refractivity contribution < 1.29 is 0 Å². The Morgan fingerprint density at radius 1 is 1.38 bits per heavy atom. The molecule has 1 atom stereocenters. The van der Waals surface area contributed by atoms with Crippen molar-refractivity contribution in [2.45, 2.75) is 38.6 Å². The van der Waals surface area contributed by atoms with Crippen molar-refractivity contribution in [1.82, 2.24) is 9.88 Å². The molecule has 21 heavy (non-hydrogen) atoms. The lowest BCUT2D eigenvalue weighted by Gasteiger charge is -2.32. The molecule has 2 N–H and O–H groups in total. The fourth-order valence-corrected chi connectivity index (χ4v) is 2.94. The molecule has 0 bridgehead atoms. The minimum Gasteiger partial charge on any atom is -0.359 e. The van der Waals surface area contributed by atoms with E-state index in [1.165, 1.54) is 31.5 Å². The van der Waals surface area contributed by atoms with Gasteiger partial charge in [-0.05, 0) is 63.4 Å². The molecule has 1 unspecified atom stereocenters. The molecule has 0 amide bonds. The molecule has 1 aromatic rings. The number of nitrogens with zero attached hydrogens (tertiary/aromatic N) is 3. The smallest absolute Gasteiger partial charge is 0.128 e. The first kappa shape index (κ1) is 16.2. The van der Waals surface area contributed by atoms with Crippen molar-refractivity contribution in [1.29, 1.82) is 0 Å². The van der Waals surface area contributed by atoms with Gasteiger partial charge in [0.1, 0.15) is 5.82 Å². The Labute approximate surface area is 129 Å². The monoisotopic (exact) mass is 290 g/mol. The van der Waals surface area contributed by atoms with Crippen molar-refractivity contribution >= 4 is 5.82 Å². The van der Waals surface area contributed by atoms with Gasteiger partial charge in [0.2, 0.25) is 0 Å². The van der Waals surface area contributed by atoms with Gasteiger partial charge in [-0.25, -0.2) is 4.98 Å². The second kappa shape index (κ2) is 7.76. The highest BCUT2D eigenvalue weighted by molar-refractivity contribution is 5.38. The topological polar surface area (TPSA) is 45.4 Å². The summed E-state index contributed by atoms with van der Waals surface area (Å²) in [6.07, 6.45) is 6.50. The van der Waals surface area contributed by atoms with Gasteiger partial charge in [0, 0.05) is 25.8 Å². The number of rotatable bonds is 6. The molecule has 0 aromatic carbocycles. The van der Waals surface area contributed by atoms with E-state index in [9.17, 15) is 0 Å². The van der Waals surface area contributed by atoms with E-state index in [0.29, 0.717) is 0 Å². The SMILES string of the molecule is CCC(N)Cc1ccc(N(C)CC2CCN(C)CC2)nc1. The van der Waals surface area contributed by atoms with Gasteiger partial charge in [-0.2, -0.15) is 0 Å². The molecular formula is C17H30N4. The number of aromatic nitrogens is 1. The summed E-state index contributed by atoms with van der Waals surface area (Å²) in [7, 11) is 4.36. The highest BCUT2D eigenvalue weighted by Gasteiger charge is 2.18. The van der Waals surface area contributed by atoms with Crippen molar-refractivity contribution in [2.75, 3.05) is 38.6 Å². The third kappa shape index (κ3) is 4.97. The highest BCUT2D eigenvalue weighted by Crippen LogP contribution is 2.19. The average molecular weight is 290 g/mol. The molecule has 2 heterocycles. The Morgan fingerprint density at radius 2 is 2.10 bits per heavy atom. The molecule has 0 aliphatic carbocycles. The molecule has 2 rings (SSSR count). The van der Waals surface area contributed by atoms with Crippen LogP contribution in [-0.4, -0.2) is 49.7 Å². The molecule has 1 aromatic heterocycles. The third-order valence-electron chi connectivity index (χ3n) is 4.59. The normalized spacial score (nSPS) is 18.7. The van der Waals surface area contributed by atoms with Crippen LogP contribution in [-0.2, 0) is 6.42 Å². The molecule has 1 saturated heterocycles. The predicted molar refractivity (Wildman–Crippen MR) is 89.7 cm³/mol. The van der Waals surface area contributed by atoms with Crippen LogP contribution in [0, 0.1) is 5.92 Å². The number of nitrogens with two attached hydrogens (primary N) is 1. The Balaban J connectivity index is 1.86. The van der Waals surface area contributed by atoms with Crippen molar-refractivity contribution in [3.05, 3.63) is 23.9 Å². The molecule has 1 fully saturated rings. The number of likely N-dealkylation sites (tertiary alicyclic amines) is 1. The lowest BCUT2D eigenvalue weighted by Crippen LogP contribution is -2.36. The van der Waals surface area contributed by atoms with E-state index < -0.39 is 0 Å². The van der Waals surface area contributed by atoms with Crippen LogP contribution in [0.3, 0.4) is 0 Å². The summed E-state index contributed by atoms with van der Waals surface area (Å²) < 4.78 is 0. The van der Waals surface area contributed by atoms with Crippen molar-refractivity contribution in [2.24, 2.45) is 11.7 Å². The highest BCUT2D eigenvalue weighted by atomic mass is 15.2. The minimum absolute atomic E-state index is 0.245. The second-order valence-corrected chi connectivity index (χ2v) is 6.52. The standard InChI is InChI=1S/C17H30N4/c1-4-16(18)11-15-5-6-17(19-12-15)21(3)13-14-7-9-20(2)10-8-14/h5-6,12,14,16H,4,7-11,13,18H2,1-3H3. The summed E-state index contributed by atoms with van der Waals surface area (Å²) in [4.78, 5) is 9.31. The van der Waals surface area contributed by atoms with Crippen LogP contribution >= 0.6 is 0 Å². The van der Waals surface area contributed by atoms with Gasteiger partial charge in [0.25, 0.3) is 0 Å². The van der Waals surface area contributed by atoms with E-state index >= 15 is 0 Å². The minimum atomic E-state index is 0.245. The van der Waals surface area contributed by atoms with Crippen molar-refractivity contribution in [3.8, 4) is 0 Å². The van der Waals surface area contributed by atoms with Crippen LogP contribution in [0.25, 0.3) is 0 Å². The summed E-state index contributed by atoms with van der Waals surface area (Å²) in [6, 6.07) is 4.55. The predicted octanol–water partition coefficient (Wildman–Crippen LogP) is 2.14. The molecule has 4 heteroatoms. The fraction of sp³-hybridized carbons (Fsp3) is 0.706. The molecule has 1 aliphatic heterocycles. The Kier molecular flexibility index (Phi) is 6.00. The summed E-state index contributed by atoms with van der Waals surface area (Å²) in [5.41, 5.74) is 7.23. The first-order valence-corrected chi connectivity index (χ1v) is 8.18. The Bertz CT molecular complexity index is 409. The quantitative estimate of drug-likeness (QED) is 0.872. The van der Waals surface area contributed by atoms with Crippen molar-refractivity contribution in [3.63, 3.8) is 0 Å². The lowest BCUT2D eigenvalue weighted by molar-refractivity contribution is 0.222. The number of pyridine rings is 1. The van der Waals surface area contributed by atoms with Gasteiger partial charge in [0.05, 0.1) is 0 Å². The maximum absolute atomic E-state index is 6.00. The molecule has 0 saturated carbocycles. The van der Waals surface area contributed by atoms with Crippen LogP contribution < -0.4 is 10.6 Å². The van der Waals surface area contributed by atoms with Gasteiger partial charge < -0.3 is 15.5 Å². The number of anilines is 1. The van der Waals surface area contributed by atoms with E-state index in [1.54, 1.807) is 0 Å². The molecule has 0 radical (unpaired) electrons. The Morgan fingerprint density at radius 3 is 2.67 bits per heavy atom. The molecule has 1 aliphatic rings. The van der Waals surface area contributed by atoms with Gasteiger partial charge in [-0.1, -0.05) is 13.0 Å². The average Bonchev–Trinajstić information content (AvgIpc) is 2.50. The van der Waals surface area contributed by atoms with Gasteiger partial charge >= 0.3 is 0 Å². The lowest BCUT2D eigenvalue weighted by atomic mass is 9.97. The van der Waals surface area contributed by atoms with E-state index in [-0.39, 0.29) is 6.04 Å². The van der Waals surface area contributed by atoms with Crippen LogP contribution in [0.1, 0.15) is 31.7 Å². The first-order chi connectivity index (χ1) is 10.1. The van der Waals surface area contributed by atoms with E-state index in [1.807, 2.05) is 6.20 Å². The summed E-state index contributed by atoms with van der Waals surface area (Å²) >= 11 is 0. The van der Waals surface area contributed by atoms with E-state index in [0.717, 1.165) is 31.1 Å². The molecule has 4 nitrogen and oxygen atoms in total. The third-order valence-corrected chi connectivity index (χ3v) is 4.59. The maximum atomic E-state index is 6.00. The molecule has 118 valence electrons. The number of piperidine rings is 1. The van der Waals surface area contributed by atoms with Crippen LogP contribution in [0.15, 0.2) is 18.3 Å². The van der Waals surface area contributed by atoms with E-state index in [4.69, 9.17) is 5.73 Å². The zero-order chi connectivity index (χ0) is 15.2. The van der Waals surface area contributed by atoms with Gasteiger partial charge in [-0.3, -0.25) is 0 Å². The zero-order valence-corrected chi connectivity index (χ0v) is 13.8. The zero-order valence-electron chi connectivity index (χ0n) is 13.8. The number of hydrogen-bond acceptors (Lipinski definition) is 4. The Hall–Kier alpha value is -1.13. The van der Waals surface area contributed by atoms with Gasteiger partial charge in [-0.15, -0.1) is 0 Å². The first-order valence-electron chi connectivity index (χ1n) is 8.18. The summed E-state index contributed by atoms with van der Waals surface area (Å²) in [5.74, 6) is 1.86. The van der Waals surface area contributed by atoms with Crippen LogP contribution in [0.4, 0.5) is 5.82 Å². The van der Waals surface area contributed by atoms with E-state index in [2.05, 4.69) is 47.9 Å².